The van der Waals surface area contributed by atoms with Crippen molar-refractivity contribution in [2.24, 2.45) is 0 Å². The van der Waals surface area contributed by atoms with Crippen LogP contribution in [0.1, 0.15) is 18.5 Å². The van der Waals surface area contributed by atoms with Gasteiger partial charge in [0.1, 0.15) is 5.82 Å². The maximum absolute atomic E-state index is 12.6. The average Bonchev–Trinajstić information content (AvgIpc) is 2.26. The maximum atomic E-state index is 12.6. The number of nitrogens with one attached hydrogen (secondary N) is 2. The average molecular weight is 212 g/mol. The second kappa shape index (κ2) is 5.31. The summed E-state index contributed by atoms with van der Waals surface area (Å²) in [6.45, 7) is 1.84. The Morgan fingerprint density at radius 2 is 2.00 bits per heavy atom. The predicted molar refractivity (Wildman–Crippen MR) is 53.5 cm³/mol. The summed E-state index contributed by atoms with van der Waals surface area (Å²) in [5, 5.41) is 0. The molecule has 0 heterocycles. The van der Waals surface area contributed by atoms with E-state index in [1.54, 1.807) is 12.1 Å². The van der Waals surface area contributed by atoms with Gasteiger partial charge < -0.3 is 4.74 Å². The first-order valence-electron chi connectivity index (χ1n) is 4.48. The van der Waals surface area contributed by atoms with Gasteiger partial charge in [-0.3, -0.25) is 5.43 Å². The molecule has 0 aliphatic rings. The van der Waals surface area contributed by atoms with Crippen molar-refractivity contribution >= 4 is 6.09 Å². The zero-order valence-corrected chi connectivity index (χ0v) is 8.58. The molecule has 1 atom stereocenters. The highest BCUT2D eigenvalue weighted by Crippen LogP contribution is 2.11. The molecule has 0 saturated heterocycles. The molecular formula is C10H13FN2O2. The van der Waals surface area contributed by atoms with E-state index in [9.17, 15) is 9.18 Å². The Bertz CT molecular complexity index is 327. The standard InChI is InChI=1S/C10H13FN2O2/c1-7(12-13-10(14)15-2)8-3-5-9(11)6-4-8/h3-7,12H,1-2H3,(H,13,14)/t7-/m0/s1. The van der Waals surface area contributed by atoms with Gasteiger partial charge in [-0.1, -0.05) is 12.1 Å². The Hall–Kier alpha value is -1.62. The molecule has 1 rings (SSSR count). The van der Waals surface area contributed by atoms with Crippen LogP contribution in [0.2, 0.25) is 0 Å². The molecule has 0 bridgehead atoms. The molecule has 0 saturated carbocycles. The van der Waals surface area contributed by atoms with Gasteiger partial charge in [0.25, 0.3) is 0 Å². The molecule has 15 heavy (non-hydrogen) atoms. The third kappa shape index (κ3) is 3.55. The van der Waals surface area contributed by atoms with Crippen LogP contribution < -0.4 is 10.9 Å². The van der Waals surface area contributed by atoms with E-state index in [4.69, 9.17) is 0 Å². The molecule has 1 aromatic carbocycles. The minimum atomic E-state index is -0.566. The summed E-state index contributed by atoms with van der Waals surface area (Å²) in [7, 11) is 1.28. The number of hydrazine groups is 1. The Balaban J connectivity index is 2.50. The minimum absolute atomic E-state index is 0.121. The van der Waals surface area contributed by atoms with E-state index in [-0.39, 0.29) is 11.9 Å². The molecule has 0 radical (unpaired) electrons. The summed E-state index contributed by atoms with van der Waals surface area (Å²) in [4.78, 5) is 10.7. The molecular weight excluding hydrogens is 199 g/mol. The van der Waals surface area contributed by atoms with Gasteiger partial charge in [0.15, 0.2) is 0 Å². The number of benzene rings is 1. The first kappa shape index (κ1) is 11.5. The van der Waals surface area contributed by atoms with E-state index >= 15 is 0 Å². The lowest BCUT2D eigenvalue weighted by atomic mass is 10.1. The number of halogens is 1. The largest absolute Gasteiger partial charge is 0.452 e. The van der Waals surface area contributed by atoms with Crippen LogP contribution in [-0.4, -0.2) is 13.2 Å². The summed E-state index contributed by atoms with van der Waals surface area (Å²) < 4.78 is 17.0. The first-order chi connectivity index (χ1) is 7.13. The second-order valence-corrected chi connectivity index (χ2v) is 3.03. The molecule has 1 aromatic rings. The van der Waals surface area contributed by atoms with Crippen molar-refractivity contribution in [3.63, 3.8) is 0 Å². The molecule has 0 unspecified atom stereocenters. The Labute approximate surface area is 87.4 Å². The van der Waals surface area contributed by atoms with Crippen molar-refractivity contribution in [3.05, 3.63) is 35.6 Å². The third-order valence-electron chi connectivity index (χ3n) is 1.95. The summed E-state index contributed by atoms with van der Waals surface area (Å²) in [5.41, 5.74) is 5.93. The van der Waals surface area contributed by atoms with Crippen LogP contribution in [0.3, 0.4) is 0 Å². The van der Waals surface area contributed by atoms with E-state index in [1.807, 2.05) is 6.92 Å². The van der Waals surface area contributed by atoms with Gasteiger partial charge in [-0.25, -0.2) is 14.6 Å². The van der Waals surface area contributed by atoms with E-state index in [0.717, 1.165) is 5.56 Å². The fraction of sp³-hybridized carbons (Fsp3) is 0.300. The monoisotopic (exact) mass is 212 g/mol. The van der Waals surface area contributed by atoms with Crippen LogP contribution in [0, 0.1) is 5.82 Å². The number of amides is 1. The third-order valence-corrected chi connectivity index (χ3v) is 1.95. The van der Waals surface area contributed by atoms with Gasteiger partial charge >= 0.3 is 6.09 Å². The fourth-order valence-electron chi connectivity index (χ4n) is 1.05. The van der Waals surface area contributed by atoms with E-state index < -0.39 is 6.09 Å². The molecule has 0 spiro atoms. The summed E-state index contributed by atoms with van der Waals surface area (Å²) in [6.07, 6.45) is -0.566. The van der Waals surface area contributed by atoms with Gasteiger partial charge in [-0.2, -0.15) is 0 Å². The van der Waals surface area contributed by atoms with Crippen LogP contribution in [0.5, 0.6) is 0 Å². The fourth-order valence-corrected chi connectivity index (χ4v) is 1.05. The molecule has 5 heteroatoms. The molecule has 1 amide bonds. The predicted octanol–water partition coefficient (Wildman–Crippen LogP) is 1.75. The number of ether oxygens (including phenoxy) is 1. The Kier molecular flexibility index (Phi) is 4.05. The van der Waals surface area contributed by atoms with Crippen molar-refractivity contribution in [1.29, 1.82) is 0 Å². The first-order valence-corrected chi connectivity index (χ1v) is 4.48. The quantitative estimate of drug-likeness (QED) is 0.750. The molecule has 0 aliphatic heterocycles. The van der Waals surface area contributed by atoms with Gasteiger partial charge in [0, 0.05) is 6.04 Å². The number of hydrogen-bond acceptors (Lipinski definition) is 3. The van der Waals surface area contributed by atoms with Gasteiger partial charge in [-0.15, -0.1) is 0 Å². The Morgan fingerprint density at radius 3 is 2.53 bits per heavy atom. The molecule has 2 N–H and O–H groups in total. The number of carbonyl (C=O) groups is 1. The van der Waals surface area contributed by atoms with Crippen LogP contribution in [-0.2, 0) is 4.74 Å². The second-order valence-electron chi connectivity index (χ2n) is 3.03. The smallest absolute Gasteiger partial charge is 0.421 e. The lowest BCUT2D eigenvalue weighted by Gasteiger charge is -2.14. The van der Waals surface area contributed by atoms with Crippen LogP contribution >= 0.6 is 0 Å². The van der Waals surface area contributed by atoms with Crippen molar-refractivity contribution in [2.75, 3.05) is 7.11 Å². The summed E-state index contributed by atoms with van der Waals surface area (Å²) in [6, 6.07) is 5.90. The zero-order valence-electron chi connectivity index (χ0n) is 8.58. The molecule has 0 aliphatic carbocycles. The topological polar surface area (TPSA) is 50.4 Å². The summed E-state index contributed by atoms with van der Waals surface area (Å²) >= 11 is 0. The van der Waals surface area contributed by atoms with Crippen molar-refractivity contribution in [3.8, 4) is 0 Å². The van der Waals surface area contributed by atoms with Crippen molar-refractivity contribution in [1.82, 2.24) is 10.9 Å². The van der Waals surface area contributed by atoms with Gasteiger partial charge in [0.2, 0.25) is 0 Å². The van der Waals surface area contributed by atoms with Crippen LogP contribution in [0.15, 0.2) is 24.3 Å². The number of rotatable bonds is 3. The molecule has 4 nitrogen and oxygen atoms in total. The van der Waals surface area contributed by atoms with Crippen molar-refractivity contribution < 1.29 is 13.9 Å². The minimum Gasteiger partial charge on any atom is -0.452 e. The zero-order chi connectivity index (χ0) is 11.3. The van der Waals surface area contributed by atoms with Crippen LogP contribution in [0.4, 0.5) is 9.18 Å². The lowest BCUT2D eigenvalue weighted by Crippen LogP contribution is -2.38. The maximum Gasteiger partial charge on any atom is 0.421 e. The van der Waals surface area contributed by atoms with Gasteiger partial charge in [0.05, 0.1) is 7.11 Å². The SMILES string of the molecule is COC(=O)NN[C@@H](C)c1ccc(F)cc1. The van der Waals surface area contributed by atoms with E-state index in [1.165, 1.54) is 19.2 Å². The van der Waals surface area contributed by atoms with Crippen LogP contribution in [0.25, 0.3) is 0 Å². The lowest BCUT2D eigenvalue weighted by molar-refractivity contribution is 0.163. The Morgan fingerprint density at radius 1 is 1.40 bits per heavy atom. The number of carbonyl (C=O) groups excluding carboxylic acids is 1. The number of methoxy groups -OCH3 is 1. The van der Waals surface area contributed by atoms with E-state index in [0.29, 0.717) is 0 Å². The van der Waals surface area contributed by atoms with E-state index in [2.05, 4.69) is 15.6 Å². The summed E-state index contributed by atoms with van der Waals surface area (Å²) in [5.74, 6) is -0.285. The highest BCUT2D eigenvalue weighted by atomic mass is 19.1. The molecule has 0 fully saturated rings. The van der Waals surface area contributed by atoms with Gasteiger partial charge in [-0.05, 0) is 24.6 Å². The molecule has 82 valence electrons. The normalized spacial score (nSPS) is 11.9. The highest BCUT2D eigenvalue weighted by molar-refractivity contribution is 5.66. The number of hydrogen-bond donors (Lipinski definition) is 2. The molecule has 0 aromatic heterocycles. The van der Waals surface area contributed by atoms with Crippen molar-refractivity contribution in [2.45, 2.75) is 13.0 Å². The highest BCUT2D eigenvalue weighted by Gasteiger charge is 2.06.